The van der Waals surface area contributed by atoms with Crippen LogP contribution in [0, 0.1) is 31.6 Å². The molecule has 148 heavy (non-hydrogen) atoms. The number of hydrogen-bond donors (Lipinski definition) is 6. The van der Waals surface area contributed by atoms with E-state index in [1.165, 1.54) is 54.8 Å². The van der Waals surface area contributed by atoms with Crippen LogP contribution in [-0.4, -0.2) is 127 Å². The number of thiophene rings is 3. The Kier molecular flexibility index (Phi) is 37.0. The van der Waals surface area contributed by atoms with E-state index in [2.05, 4.69) is 174 Å². The van der Waals surface area contributed by atoms with Crippen molar-refractivity contribution >= 4 is 110 Å². The SMILES string of the molecule is CCCCC(=O)c1ccc(-c2cnc(-c3ccc(C[C@H](CC(=O)c4ccc(C(C)(C)C)s4)C(=O)N[C@H](C)C(=O)O)cc3)nc2)c(C)c1.C[C@@H](NC(=O)[C@@H](CC(=O)c1ccc(C(C)(C)C)s1)Cc1ccc(-c2ncc(-c3ccc(N(c4ccccc4)c4ccccc4)cc3)cn2)cc1)C(=O)O.Cc1cccc(Oc2ccc(-c3cnc(-c4ccc(C[C@H](CC(=O)c5ccc(C(C)(C)C)s5)C(=O)N[C@H](C)C(=O)O)cc4)nc3)cn2)c1. The van der Waals surface area contributed by atoms with Crippen LogP contribution in [0.25, 0.3) is 67.5 Å². The maximum Gasteiger partial charge on any atom is 0.325 e. The molecule has 0 aliphatic carbocycles. The Morgan fingerprint density at radius 3 is 1.03 bits per heavy atom. The number of nitrogens with zero attached hydrogens (tertiary/aromatic N) is 8. The van der Waals surface area contributed by atoms with Crippen LogP contribution in [0.5, 0.6) is 11.6 Å². The van der Waals surface area contributed by atoms with Gasteiger partial charge >= 0.3 is 17.9 Å². The number of rotatable bonds is 39. The summed E-state index contributed by atoms with van der Waals surface area (Å²) in [7, 11) is 0. The van der Waals surface area contributed by atoms with Gasteiger partial charge in [0.15, 0.2) is 40.6 Å². The van der Waals surface area contributed by atoms with Crippen molar-refractivity contribution in [2.45, 2.75) is 196 Å². The van der Waals surface area contributed by atoms with Crippen LogP contribution in [0.1, 0.15) is 210 Å². The second kappa shape index (κ2) is 50.0. The Morgan fingerprint density at radius 2 is 0.696 bits per heavy atom. The van der Waals surface area contributed by atoms with Gasteiger partial charge in [-0.1, -0.05) is 221 Å². The van der Waals surface area contributed by atoms with Crippen molar-refractivity contribution in [3.05, 3.63) is 355 Å². The number of carbonyl (C=O) groups excluding carboxylic acids is 7. The highest BCUT2D eigenvalue weighted by molar-refractivity contribution is 7.15. The Labute approximate surface area is 875 Å². The number of Topliss-reactive ketones (excluding diaryl/α,β-unsaturated/α-hetero) is 4. The van der Waals surface area contributed by atoms with E-state index in [0.29, 0.717) is 44.4 Å². The molecule has 15 aromatic rings. The summed E-state index contributed by atoms with van der Waals surface area (Å²) in [5, 5.41) is 35.7. The van der Waals surface area contributed by atoms with Crippen molar-refractivity contribution in [1.82, 2.24) is 50.8 Å². The standard InChI is InChI=1S/C44H42N4O4S.C38H38N4O5S.C38H43N3O5S/c1-29(43(51)52)47-42(50)33(26-38(49)39-23-24-40(53-39)44(2,3)4)25-30-15-17-32(18-16-30)41-45-27-34(28-46-41)31-19-21-37(22-20-31)48(35-11-7-5-8-12-35)36-13-9-6-10-14-36;1-23-7-6-8-30(17-23)47-34-16-13-27(20-39-34)29-21-40-35(41-22-29)26-11-9-25(10-12-26)18-28(36(44)42-24(2)37(45)46)19-31(43)32-14-15-33(48-32)38(3,4)5;1-7-8-9-31(42)27-14-15-30(23(2)18-27)29-21-39-35(40-22-29)26-12-10-25(11-13-26)19-28(36(44)41-24(3)37(45)46)20-32(43)33-16-17-34(47-33)38(4,5)6/h5-24,27-29,33H,25-26H2,1-4H3,(H,47,50)(H,51,52);6-17,20-22,24,28H,18-19H2,1-5H3,(H,42,44)(H,45,46);10-18,21-22,24,28H,7-9,19-20H2,1-6H3,(H,41,44)(H,45,46)/t29-,33-;2*24-,28-/m111/s1. The Hall–Kier alpha value is -15.7. The lowest BCUT2D eigenvalue weighted by atomic mass is 9.92. The van der Waals surface area contributed by atoms with Crippen molar-refractivity contribution in [3.8, 4) is 79.2 Å². The van der Waals surface area contributed by atoms with Gasteiger partial charge in [-0.3, -0.25) is 47.9 Å². The highest BCUT2D eigenvalue weighted by Gasteiger charge is 2.33. The first-order chi connectivity index (χ1) is 70.6. The molecule has 0 spiro atoms. The van der Waals surface area contributed by atoms with E-state index in [0.717, 1.165) is 134 Å². The second-order valence-corrected chi connectivity index (χ2v) is 43.2. The number of hydrogen-bond acceptors (Lipinski definition) is 22. The number of aliphatic carboxylic acids is 3. The molecule has 25 nitrogen and oxygen atoms in total. The molecule has 7 heterocycles. The number of ether oxygens (including phenoxy) is 1. The number of aryl methyl sites for hydroxylation is 2. The van der Waals surface area contributed by atoms with E-state index >= 15 is 0 Å². The maximum absolute atomic E-state index is 13.3. The third-order valence-electron chi connectivity index (χ3n) is 24.9. The van der Waals surface area contributed by atoms with E-state index in [4.69, 9.17) is 4.74 Å². The average molecular weight is 2040 g/mol. The van der Waals surface area contributed by atoms with Crippen LogP contribution in [0.4, 0.5) is 17.1 Å². The number of amides is 3. The molecule has 6 N–H and O–H groups in total. The molecule has 0 aliphatic rings. The predicted octanol–water partition coefficient (Wildman–Crippen LogP) is 25.2. The third kappa shape index (κ3) is 30.3. The first-order valence-electron chi connectivity index (χ1n) is 49.2. The Morgan fingerprint density at radius 1 is 0.351 bits per heavy atom. The highest BCUT2D eigenvalue weighted by Crippen LogP contribution is 2.40. The number of carboxylic acids is 3. The number of anilines is 3. The van der Waals surface area contributed by atoms with Gasteiger partial charge in [-0.25, -0.2) is 34.9 Å². The fourth-order valence-electron chi connectivity index (χ4n) is 16.1. The van der Waals surface area contributed by atoms with Gasteiger partial charge < -0.3 is 40.9 Å². The zero-order chi connectivity index (χ0) is 106. The van der Waals surface area contributed by atoms with Gasteiger partial charge in [0, 0.05) is 169 Å². The van der Waals surface area contributed by atoms with Crippen LogP contribution in [0.3, 0.4) is 0 Å². The van der Waals surface area contributed by atoms with Gasteiger partial charge in [-0.2, -0.15) is 0 Å². The molecule has 0 saturated carbocycles. The lowest BCUT2D eigenvalue weighted by molar-refractivity contribution is -0.142. The van der Waals surface area contributed by atoms with Crippen LogP contribution in [0.2, 0.25) is 0 Å². The molecule has 0 fully saturated rings. The summed E-state index contributed by atoms with van der Waals surface area (Å²) in [6.45, 7) is 29.0. The number of para-hydroxylation sites is 2. The normalized spacial score (nSPS) is 12.6. The van der Waals surface area contributed by atoms with Crippen molar-refractivity contribution < 1.29 is 68.0 Å². The molecule has 3 amide bonds. The first-order valence-corrected chi connectivity index (χ1v) is 51.6. The van der Waals surface area contributed by atoms with Crippen molar-refractivity contribution in [2.24, 2.45) is 17.8 Å². The molecule has 760 valence electrons. The smallest absolute Gasteiger partial charge is 0.325 e. The van der Waals surface area contributed by atoms with Gasteiger partial charge in [0.25, 0.3) is 0 Å². The summed E-state index contributed by atoms with van der Waals surface area (Å²) in [6.07, 6.45) is 15.4. The van der Waals surface area contributed by atoms with Gasteiger partial charge in [0.05, 0.1) is 14.6 Å². The monoisotopic (exact) mass is 2040 g/mol. The van der Waals surface area contributed by atoms with Crippen LogP contribution in [-0.2, 0) is 64.3 Å². The predicted molar refractivity (Wildman–Crippen MR) is 584 cm³/mol. The minimum atomic E-state index is -1.14. The molecule has 0 unspecified atom stereocenters. The van der Waals surface area contributed by atoms with E-state index in [1.807, 2.05) is 208 Å². The summed E-state index contributed by atoms with van der Waals surface area (Å²) in [6, 6.07) is 76.6. The minimum Gasteiger partial charge on any atom is -0.480 e. The molecular weight excluding hydrogens is 1920 g/mol. The van der Waals surface area contributed by atoms with E-state index < -0.39 is 71.5 Å². The number of carboxylic acid groups (broad SMARTS) is 3. The minimum absolute atomic E-state index is 0.0356. The molecular formula is C120H123N11O14S3. The topological polar surface area (TPSA) is 370 Å². The van der Waals surface area contributed by atoms with Crippen LogP contribution < -0.4 is 25.6 Å². The molecule has 0 saturated heterocycles. The number of carbonyl (C=O) groups is 10. The van der Waals surface area contributed by atoms with Crippen molar-refractivity contribution in [1.29, 1.82) is 0 Å². The largest absolute Gasteiger partial charge is 0.480 e. The van der Waals surface area contributed by atoms with Crippen molar-refractivity contribution in [3.63, 3.8) is 0 Å². The zero-order valence-corrected chi connectivity index (χ0v) is 88.1. The van der Waals surface area contributed by atoms with Crippen molar-refractivity contribution in [2.75, 3.05) is 4.90 Å². The van der Waals surface area contributed by atoms with Gasteiger partial charge in [-0.15, -0.1) is 34.0 Å². The maximum atomic E-state index is 13.3. The van der Waals surface area contributed by atoms with Gasteiger partial charge in [-0.05, 0) is 213 Å². The van der Waals surface area contributed by atoms with Gasteiger partial charge in [0.2, 0.25) is 23.6 Å². The molecule has 6 atom stereocenters. The molecule has 7 aromatic heterocycles. The molecule has 8 aromatic carbocycles. The van der Waals surface area contributed by atoms with Crippen LogP contribution in [0.15, 0.2) is 292 Å². The summed E-state index contributed by atoms with van der Waals surface area (Å²) >= 11 is 4.29. The average Bonchev–Trinajstić information content (AvgIpc) is 1.42. The summed E-state index contributed by atoms with van der Waals surface area (Å²) < 4.78 is 5.85. The Balaban J connectivity index is 0.000000186. The number of unbranched alkanes of at least 4 members (excludes halogenated alkanes) is 1. The molecule has 0 radical (unpaired) electrons. The van der Waals surface area contributed by atoms with Crippen LogP contribution >= 0.6 is 34.0 Å². The van der Waals surface area contributed by atoms with E-state index in [9.17, 15) is 63.3 Å². The zero-order valence-electron chi connectivity index (χ0n) is 85.7. The number of pyridine rings is 1. The summed E-state index contributed by atoms with van der Waals surface area (Å²) in [5.74, 6) is -4.51. The molecule has 15 rings (SSSR count). The lowest BCUT2D eigenvalue weighted by Crippen LogP contribution is -2.42. The van der Waals surface area contributed by atoms with E-state index in [-0.39, 0.29) is 77.9 Å². The number of nitrogens with one attached hydrogen (secondary N) is 3. The Bertz CT molecular complexity index is 7100. The lowest BCUT2D eigenvalue weighted by Gasteiger charge is -2.25. The fraction of sp³-hybridized carbons (Fsp3) is 0.275. The highest BCUT2D eigenvalue weighted by atomic mass is 32.1. The quantitative estimate of drug-likeness (QED) is 0.0195. The van der Waals surface area contributed by atoms with Gasteiger partial charge in [0.1, 0.15) is 23.9 Å². The number of ketones is 4. The summed E-state index contributed by atoms with van der Waals surface area (Å²) in [5.41, 5.74) is 15.9. The number of benzene rings is 8. The third-order valence-corrected chi connectivity index (χ3v) is 29.5. The molecule has 0 bridgehead atoms. The second-order valence-electron chi connectivity index (χ2n) is 39.9. The fourth-order valence-corrected chi connectivity index (χ4v) is 19.2. The van der Waals surface area contributed by atoms with E-state index in [1.54, 1.807) is 49.2 Å². The number of aromatic nitrogens is 7. The molecule has 28 heteroatoms. The first kappa shape index (κ1) is 110. The molecule has 0 aliphatic heterocycles. The summed E-state index contributed by atoms with van der Waals surface area (Å²) in [4.78, 5) is 165.